The van der Waals surface area contributed by atoms with Crippen LogP contribution in [0.3, 0.4) is 0 Å². The van der Waals surface area contributed by atoms with Gasteiger partial charge in [0.25, 0.3) is 5.16 Å². The molecule has 0 saturated carbocycles. The Morgan fingerprint density at radius 1 is 1.29 bits per heavy atom. The number of rotatable bonds is 3. The summed E-state index contributed by atoms with van der Waals surface area (Å²) in [5.41, 5.74) is 6.63. The lowest BCUT2D eigenvalue weighted by molar-refractivity contribution is 0.555. The molecular formula is C12H11N5O3S. The predicted molar refractivity (Wildman–Crippen MR) is 77.1 cm³/mol. The highest BCUT2D eigenvalue weighted by Gasteiger charge is 2.16. The number of imidazole rings is 1. The van der Waals surface area contributed by atoms with Gasteiger partial charge in [0.1, 0.15) is 5.52 Å². The molecule has 4 N–H and O–H groups in total. The third kappa shape index (κ3) is 2.43. The third-order valence-electron chi connectivity index (χ3n) is 2.97. The van der Waals surface area contributed by atoms with Crippen LogP contribution in [0.1, 0.15) is 5.56 Å². The van der Waals surface area contributed by atoms with Crippen molar-refractivity contribution in [1.82, 2.24) is 19.5 Å². The Morgan fingerprint density at radius 3 is 2.67 bits per heavy atom. The number of nitrogens with one attached hydrogen (secondary N) is 1. The zero-order chi connectivity index (χ0) is 15.0. The Hall–Kier alpha value is -2.52. The summed E-state index contributed by atoms with van der Waals surface area (Å²) in [5, 5.41) is -0.333. The van der Waals surface area contributed by atoms with Crippen LogP contribution in [0.2, 0.25) is 0 Å². The van der Waals surface area contributed by atoms with Gasteiger partial charge < -0.3 is 10.7 Å². The van der Waals surface area contributed by atoms with Crippen molar-refractivity contribution in [1.29, 1.82) is 0 Å². The fourth-order valence-electron chi connectivity index (χ4n) is 2.02. The Balaban J connectivity index is 2.20. The minimum atomic E-state index is -2.37. The predicted octanol–water partition coefficient (Wildman–Crippen LogP) is 0.331. The molecule has 9 heteroatoms. The average molecular weight is 305 g/mol. The van der Waals surface area contributed by atoms with Crippen LogP contribution in [0.15, 0.2) is 40.3 Å². The Kier molecular flexibility index (Phi) is 3.28. The topological polar surface area (TPSA) is 127 Å². The molecule has 0 bridgehead atoms. The summed E-state index contributed by atoms with van der Waals surface area (Å²) in [7, 11) is 0. The molecule has 8 nitrogen and oxygen atoms in total. The molecule has 3 rings (SSSR count). The molecule has 0 aliphatic carbocycles. The molecule has 0 aliphatic heterocycles. The van der Waals surface area contributed by atoms with Gasteiger partial charge in [-0.2, -0.15) is 9.97 Å². The summed E-state index contributed by atoms with van der Waals surface area (Å²) in [6.45, 7) is 0.271. The SMILES string of the molecule is Nc1nc(S(=O)O)nc2c1[nH]c(=O)n2Cc1ccccc1. The van der Waals surface area contributed by atoms with E-state index < -0.39 is 16.8 Å². The summed E-state index contributed by atoms with van der Waals surface area (Å²) in [6, 6.07) is 9.30. The number of nitrogens with zero attached hydrogens (tertiary/aromatic N) is 3. The van der Waals surface area contributed by atoms with Gasteiger partial charge in [-0.25, -0.2) is 9.00 Å². The zero-order valence-electron chi connectivity index (χ0n) is 10.7. The second-order valence-corrected chi connectivity index (χ2v) is 5.20. The molecule has 2 heterocycles. The molecule has 0 spiro atoms. The molecule has 0 aliphatic rings. The first-order valence-corrected chi connectivity index (χ1v) is 7.07. The van der Waals surface area contributed by atoms with Crippen LogP contribution in [-0.4, -0.2) is 28.3 Å². The molecule has 2 aromatic heterocycles. The fourth-order valence-corrected chi connectivity index (χ4v) is 2.36. The molecule has 0 saturated heterocycles. The van der Waals surface area contributed by atoms with Crippen LogP contribution in [0.4, 0.5) is 5.82 Å². The van der Waals surface area contributed by atoms with Crippen LogP contribution in [0, 0.1) is 0 Å². The van der Waals surface area contributed by atoms with Crippen molar-refractivity contribution < 1.29 is 8.76 Å². The molecule has 1 unspecified atom stereocenters. The fraction of sp³-hybridized carbons (Fsp3) is 0.0833. The maximum Gasteiger partial charge on any atom is 0.328 e. The van der Waals surface area contributed by atoms with E-state index >= 15 is 0 Å². The molecule has 108 valence electrons. The van der Waals surface area contributed by atoms with Crippen molar-refractivity contribution in [2.45, 2.75) is 11.7 Å². The van der Waals surface area contributed by atoms with Crippen molar-refractivity contribution in [3.05, 3.63) is 46.4 Å². The number of aromatic amines is 1. The number of nitrogens with two attached hydrogens (primary N) is 1. The van der Waals surface area contributed by atoms with E-state index in [-0.39, 0.29) is 28.7 Å². The minimum absolute atomic E-state index is 0.0405. The monoisotopic (exact) mass is 305 g/mol. The number of benzene rings is 1. The summed E-state index contributed by atoms with van der Waals surface area (Å²) >= 11 is -2.37. The zero-order valence-corrected chi connectivity index (χ0v) is 11.5. The molecule has 21 heavy (non-hydrogen) atoms. The number of aromatic nitrogens is 4. The maximum atomic E-state index is 12.0. The first-order chi connectivity index (χ1) is 10.1. The lowest BCUT2D eigenvalue weighted by atomic mass is 10.2. The van der Waals surface area contributed by atoms with Crippen LogP contribution < -0.4 is 11.4 Å². The molecule has 1 aromatic carbocycles. The summed E-state index contributed by atoms with van der Waals surface area (Å²) in [6.07, 6.45) is 0. The molecular weight excluding hydrogens is 294 g/mol. The van der Waals surface area contributed by atoms with Gasteiger partial charge in [0.05, 0.1) is 6.54 Å². The van der Waals surface area contributed by atoms with Gasteiger partial charge >= 0.3 is 5.69 Å². The first-order valence-electron chi connectivity index (χ1n) is 5.97. The highest BCUT2D eigenvalue weighted by atomic mass is 32.2. The lowest BCUT2D eigenvalue weighted by Crippen LogP contribution is -2.17. The molecule has 0 radical (unpaired) electrons. The van der Waals surface area contributed by atoms with E-state index in [1.807, 2.05) is 30.3 Å². The Morgan fingerprint density at radius 2 is 2.00 bits per heavy atom. The normalized spacial score (nSPS) is 12.6. The largest absolute Gasteiger partial charge is 0.382 e. The number of anilines is 1. The first kappa shape index (κ1) is 13.5. The van der Waals surface area contributed by atoms with E-state index in [4.69, 9.17) is 10.3 Å². The summed E-state index contributed by atoms with van der Waals surface area (Å²) in [5.74, 6) is -0.0405. The number of fused-ring (bicyclic) bond motifs is 1. The van der Waals surface area contributed by atoms with Gasteiger partial charge in [0.15, 0.2) is 11.5 Å². The maximum absolute atomic E-state index is 12.0. The van der Waals surface area contributed by atoms with Crippen molar-refractivity contribution in [2.75, 3.05) is 5.73 Å². The van der Waals surface area contributed by atoms with E-state index in [2.05, 4.69) is 15.0 Å². The van der Waals surface area contributed by atoms with E-state index in [0.29, 0.717) is 0 Å². The lowest BCUT2D eigenvalue weighted by Gasteiger charge is -2.04. The quantitative estimate of drug-likeness (QED) is 0.473. The van der Waals surface area contributed by atoms with Crippen molar-refractivity contribution in [2.24, 2.45) is 0 Å². The summed E-state index contributed by atoms with van der Waals surface area (Å²) in [4.78, 5) is 22.2. The molecule has 0 amide bonds. The van der Waals surface area contributed by atoms with Crippen molar-refractivity contribution >= 4 is 28.1 Å². The van der Waals surface area contributed by atoms with E-state index in [1.165, 1.54) is 4.57 Å². The second-order valence-electron chi connectivity index (χ2n) is 4.34. The van der Waals surface area contributed by atoms with Crippen molar-refractivity contribution in [3.63, 3.8) is 0 Å². The van der Waals surface area contributed by atoms with Crippen LogP contribution in [0.5, 0.6) is 0 Å². The number of hydrogen-bond donors (Lipinski definition) is 3. The van der Waals surface area contributed by atoms with Crippen molar-refractivity contribution in [3.8, 4) is 0 Å². The van der Waals surface area contributed by atoms with Crippen LogP contribution >= 0.6 is 0 Å². The minimum Gasteiger partial charge on any atom is -0.382 e. The van der Waals surface area contributed by atoms with E-state index in [0.717, 1.165) is 5.56 Å². The number of nitrogen functional groups attached to an aromatic ring is 1. The number of H-pyrrole nitrogens is 1. The smallest absolute Gasteiger partial charge is 0.328 e. The van der Waals surface area contributed by atoms with E-state index in [9.17, 15) is 9.00 Å². The molecule has 3 aromatic rings. The standard InChI is InChI=1S/C12H11N5O3S/c13-9-8-10(16-11(15-9)21(19)20)17(12(18)14-8)6-7-4-2-1-3-5-7/h1-5H,6H2,(H,14,18)(H,19,20)(H2,13,15,16). The highest BCUT2D eigenvalue weighted by Crippen LogP contribution is 2.16. The van der Waals surface area contributed by atoms with Gasteiger partial charge in [-0.15, -0.1) is 0 Å². The Bertz CT molecular complexity index is 887. The molecule has 0 fully saturated rings. The molecule has 1 atom stereocenters. The van der Waals surface area contributed by atoms with Gasteiger partial charge in [0, 0.05) is 0 Å². The Labute approximate surface area is 120 Å². The second kappa shape index (κ2) is 5.11. The van der Waals surface area contributed by atoms with Crippen LogP contribution in [-0.2, 0) is 17.6 Å². The van der Waals surface area contributed by atoms with Gasteiger partial charge in [-0.1, -0.05) is 30.3 Å². The van der Waals surface area contributed by atoms with Crippen LogP contribution in [0.25, 0.3) is 11.2 Å². The van der Waals surface area contributed by atoms with Gasteiger partial charge in [-0.05, 0) is 5.56 Å². The van der Waals surface area contributed by atoms with E-state index in [1.54, 1.807) is 0 Å². The van der Waals surface area contributed by atoms with Gasteiger partial charge in [-0.3, -0.25) is 9.12 Å². The average Bonchev–Trinajstić information content (AvgIpc) is 2.77. The highest BCUT2D eigenvalue weighted by molar-refractivity contribution is 7.79. The third-order valence-corrected chi connectivity index (χ3v) is 3.46. The number of hydrogen-bond acceptors (Lipinski definition) is 5. The summed E-state index contributed by atoms with van der Waals surface area (Å²) < 4.78 is 21.5. The van der Waals surface area contributed by atoms with Gasteiger partial charge in [0.2, 0.25) is 11.1 Å².